The Morgan fingerprint density at radius 2 is 1.67 bits per heavy atom. The molecule has 9 heteroatoms. The van der Waals surface area contributed by atoms with E-state index in [2.05, 4.69) is 21.2 Å². The van der Waals surface area contributed by atoms with Crippen molar-refractivity contribution in [1.82, 2.24) is 10.2 Å². The zero-order chi connectivity index (χ0) is 24.4. The van der Waals surface area contributed by atoms with Crippen molar-refractivity contribution in [3.05, 3.63) is 64.6 Å². The monoisotopic (exact) mass is 537 g/mol. The normalized spacial score (nSPS) is 12.1. The first-order valence-electron chi connectivity index (χ1n) is 11.0. The van der Waals surface area contributed by atoms with Crippen LogP contribution in [-0.2, 0) is 26.2 Å². The lowest BCUT2D eigenvalue weighted by atomic mass is 10.1. The number of amides is 2. The largest absolute Gasteiger partial charge is 0.354 e. The first kappa shape index (κ1) is 26.9. The van der Waals surface area contributed by atoms with Gasteiger partial charge in [-0.25, -0.2) is 8.42 Å². The Bertz CT molecular complexity index is 1010. The van der Waals surface area contributed by atoms with Gasteiger partial charge in [-0.15, -0.1) is 0 Å². The van der Waals surface area contributed by atoms with Gasteiger partial charge in [0.1, 0.15) is 12.6 Å². The van der Waals surface area contributed by atoms with Crippen LogP contribution in [0.3, 0.4) is 0 Å². The van der Waals surface area contributed by atoms with E-state index in [9.17, 15) is 18.0 Å². The van der Waals surface area contributed by atoms with Crippen LogP contribution in [0.1, 0.15) is 38.7 Å². The molecule has 1 N–H and O–H groups in total. The Hall–Kier alpha value is -2.39. The van der Waals surface area contributed by atoms with Crippen LogP contribution in [0.25, 0.3) is 0 Å². The van der Waals surface area contributed by atoms with Crippen molar-refractivity contribution in [3.63, 3.8) is 0 Å². The average molecular weight is 539 g/mol. The summed E-state index contributed by atoms with van der Waals surface area (Å²) in [4.78, 5) is 27.9. The van der Waals surface area contributed by atoms with E-state index < -0.39 is 28.5 Å². The molecular weight excluding hydrogens is 506 g/mol. The van der Waals surface area contributed by atoms with Gasteiger partial charge in [0, 0.05) is 17.6 Å². The van der Waals surface area contributed by atoms with Crippen molar-refractivity contribution in [2.75, 3.05) is 23.7 Å². The topological polar surface area (TPSA) is 86.8 Å². The molecule has 0 aromatic heterocycles. The van der Waals surface area contributed by atoms with E-state index >= 15 is 0 Å². The molecule has 7 nitrogen and oxygen atoms in total. The predicted octanol–water partition coefficient (Wildman–Crippen LogP) is 3.94. The SMILES string of the molecule is CCCCNC(=O)C(CC)N(Cc1ccccc1)C(=O)CN(c1ccc(Br)cc1)S(C)(=O)=O. The van der Waals surface area contributed by atoms with Crippen molar-refractivity contribution in [2.24, 2.45) is 0 Å². The van der Waals surface area contributed by atoms with Crippen LogP contribution in [0, 0.1) is 0 Å². The van der Waals surface area contributed by atoms with Gasteiger partial charge >= 0.3 is 0 Å². The molecule has 2 aromatic carbocycles. The number of carbonyl (C=O) groups excluding carboxylic acids is 2. The second kappa shape index (κ2) is 12.7. The van der Waals surface area contributed by atoms with Gasteiger partial charge in [-0.2, -0.15) is 0 Å². The number of hydrogen-bond acceptors (Lipinski definition) is 4. The molecule has 0 saturated heterocycles. The molecule has 0 aliphatic rings. The summed E-state index contributed by atoms with van der Waals surface area (Å²) in [6.45, 7) is 4.23. The smallest absolute Gasteiger partial charge is 0.244 e. The highest BCUT2D eigenvalue weighted by Crippen LogP contribution is 2.22. The zero-order valence-electron chi connectivity index (χ0n) is 19.3. The number of benzene rings is 2. The van der Waals surface area contributed by atoms with Crippen LogP contribution in [0.2, 0.25) is 0 Å². The first-order valence-corrected chi connectivity index (χ1v) is 13.7. The molecule has 33 heavy (non-hydrogen) atoms. The number of anilines is 1. The number of rotatable bonds is 12. The van der Waals surface area contributed by atoms with Crippen LogP contribution in [0.15, 0.2) is 59.1 Å². The molecule has 0 radical (unpaired) electrons. The summed E-state index contributed by atoms with van der Waals surface area (Å²) >= 11 is 3.34. The quantitative estimate of drug-likeness (QED) is 0.415. The van der Waals surface area contributed by atoms with Crippen LogP contribution in [0.4, 0.5) is 5.69 Å². The summed E-state index contributed by atoms with van der Waals surface area (Å²) in [6, 6.07) is 15.4. The lowest BCUT2D eigenvalue weighted by molar-refractivity contribution is -0.140. The lowest BCUT2D eigenvalue weighted by Crippen LogP contribution is -2.52. The maximum atomic E-state index is 13.5. The predicted molar refractivity (Wildman–Crippen MR) is 135 cm³/mol. The molecule has 2 amide bonds. The molecule has 1 unspecified atom stereocenters. The Morgan fingerprint density at radius 3 is 2.21 bits per heavy atom. The van der Waals surface area contributed by atoms with Crippen LogP contribution in [-0.4, -0.2) is 50.5 Å². The summed E-state index contributed by atoms with van der Waals surface area (Å²) in [5, 5.41) is 2.91. The van der Waals surface area contributed by atoms with Gasteiger partial charge in [-0.3, -0.25) is 13.9 Å². The van der Waals surface area contributed by atoms with Crippen LogP contribution in [0.5, 0.6) is 0 Å². The average Bonchev–Trinajstić information content (AvgIpc) is 2.78. The Kier molecular flexibility index (Phi) is 10.4. The third-order valence-corrected chi connectivity index (χ3v) is 6.87. The van der Waals surface area contributed by atoms with E-state index in [1.54, 1.807) is 24.3 Å². The molecule has 0 saturated carbocycles. The fourth-order valence-electron chi connectivity index (χ4n) is 3.43. The summed E-state index contributed by atoms with van der Waals surface area (Å²) in [6.07, 6.45) is 3.27. The standard InChI is InChI=1S/C24H32BrN3O4S/c1-4-6-16-26-24(30)22(5-2)27(17-19-10-8-7-9-11-19)23(29)18-28(33(3,31)32)21-14-12-20(25)13-15-21/h7-15,22H,4-6,16-18H2,1-3H3,(H,26,30). The van der Waals surface area contributed by atoms with Gasteiger partial charge in [0.25, 0.3) is 0 Å². The van der Waals surface area contributed by atoms with E-state index in [4.69, 9.17) is 0 Å². The number of sulfonamides is 1. The number of halogens is 1. The second-order valence-electron chi connectivity index (χ2n) is 7.82. The molecule has 1 atom stereocenters. The molecule has 0 aliphatic carbocycles. The highest BCUT2D eigenvalue weighted by Gasteiger charge is 2.31. The fraction of sp³-hybridized carbons (Fsp3) is 0.417. The zero-order valence-corrected chi connectivity index (χ0v) is 21.7. The Morgan fingerprint density at radius 1 is 1.03 bits per heavy atom. The Labute approximate surface area is 205 Å². The van der Waals surface area contributed by atoms with Crippen molar-refractivity contribution in [2.45, 2.75) is 45.7 Å². The molecule has 0 bridgehead atoms. The van der Waals surface area contributed by atoms with E-state index in [-0.39, 0.29) is 12.5 Å². The van der Waals surface area contributed by atoms with Crippen molar-refractivity contribution >= 4 is 43.5 Å². The molecular formula is C24H32BrN3O4S. The number of nitrogens with zero attached hydrogens (tertiary/aromatic N) is 2. The summed E-state index contributed by atoms with van der Waals surface area (Å²) < 4.78 is 27.0. The second-order valence-corrected chi connectivity index (χ2v) is 10.6. The number of nitrogens with one attached hydrogen (secondary N) is 1. The molecule has 180 valence electrons. The Balaban J connectivity index is 2.35. The summed E-state index contributed by atoms with van der Waals surface area (Å²) in [5.74, 6) is -0.672. The maximum Gasteiger partial charge on any atom is 0.244 e. The first-order chi connectivity index (χ1) is 15.7. The van der Waals surface area contributed by atoms with Crippen molar-refractivity contribution < 1.29 is 18.0 Å². The minimum atomic E-state index is -3.73. The highest BCUT2D eigenvalue weighted by molar-refractivity contribution is 9.10. The molecule has 0 aliphatic heterocycles. The molecule has 2 aromatic rings. The van der Waals surface area contributed by atoms with Gasteiger partial charge in [0.2, 0.25) is 21.8 Å². The molecule has 0 fully saturated rings. The third kappa shape index (κ3) is 8.16. The van der Waals surface area contributed by atoms with E-state index in [0.29, 0.717) is 18.7 Å². The number of unbranched alkanes of at least 4 members (excludes halogenated alkanes) is 1. The third-order valence-electron chi connectivity index (χ3n) is 5.21. The van der Waals surface area contributed by atoms with Crippen molar-refractivity contribution in [1.29, 1.82) is 0 Å². The van der Waals surface area contributed by atoms with Gasteiger partial charge in [-0.05, 0) is 42.7 Å². The van der Waals surface area contributed by atoms with Gasteiger partial charge in [0.15, 0.2) is 0 Å². The van der Waals surface area contributed by atoms with Crippen LogP contribution < -0.4 is 9.62 Å². The highest BCUT2D eigenvalue weighted by atomic mass is 79.9. The van der Waals surface area contributed by atoms with Crippen molar-refractivity contribution in [3.8, 4) is 0 Å². The minimum Gasteiger partial charge on any atom is -0.354 e. The molecule has 0 spiro atoms. The van der Waals surface area contributed by atoms with E-state index in [1.165, 1.54) is 4.90 Å². The number of hydrogen-bond donors (Lipinski definition) is 1. The van der Waals surface area contributed by atoms with E-state index in [0.717, 1.165) is 33.4 Å². The van der Waals surface area contributed by atoms with E-state index in [1.807, 2.05) is 44.2 Å². The maximum absolute atomic E-state index is 13.5. The fourth-order valence-corrected chi connectivity index (χ4v) is 4.54. The summed E-state index contributed by atoms with van der Waals surface area (Å²) in [5.41, 5.74) is 1.24. The minimum absolute atomic E-state index is 0.206. The lowest BCUT2D eigenvalue weighted by Gasteiger charge is -2.33. The van der Waals surface area contributed by atoms with Crippen LogP contribution >= 0.6 is 15.9 Å². The summed E-state index contributed by atoms with van der Waals surface area (Å²) in [7, 11) is -3.73. The van der Waals surface area contributed by atoms with Gasteiger partial charge in [0.05, 0.1) is 11.9 Å². The number of carbonyl (C=O) groups is 2. The van der Waals surface area contributed by atoms with Gasteiger partial charge in [-0.1, -0.05) is 66.5 Å². The molecule has 2 rings (SSSR count). The van der Waals surface area contributed by atoms with Gasteiger partial charge < -0.3 is 10.2 Å². The molecule has 0 heterocycles.